The van der Waals surface area contributed by atoms with Gasteiger partial charge >= 0.3 is 0 Å². The first kappa shape index (κ1) is 12.3. The number of ether oxygens (including phenoxy) is 1. The number of hydrogen-bond donors (Lipinski definition) is 3. The third-order valence-electron chi connectivity index (χ3n) is 2.70. The second kappa shape index (κ2) is 5.42. The molecule has 0 saturated heterocycles. The number of hydrogen-bond acceptors (Lipinski definition) is 4. The average Bonchev–Trinajstić information content (AvgIpc) is 2.39. The van der Waals surface area contributed by atoms with Gasteiger partial charge in [0.1, 0.15) is 12.4 Å². The van der Waals surface area contributed by atoms with Crippen LogP contribution < -0.4 is 16.2 Å². The van der Waals surface area contributed by atoms with Crippen LogP contribution in [0.3, 0.4) is 0 Å². The summed E-state index contributed by atoms with van der Waals surface area (Å²) in [6, 6.07) is 12.8. The molecule has 0 spiro atoms. The molecule has 0 aliphatic rings. The van der Waals surface area contributed by atoms with Crippen LogP contribution in [-0.4, -0.2) is 5.11 Å². The summed E-state index contributed by atoms with van der Waals surface area (Å²) in [5, 5.41) is 8.98. The van der Waals surface area contributed by atoms with Gasteiger partial charge < -0.3 is 21.3 Å². The van der Waals surface area contributed by atoms with Crippen molar-refractivity contribution in [3.05, 3.63) is 53.6 Å². The zero-order chi connectivity index (χ0) is 13.0. The van der Waals surface area contributed by atoms with E-state index in [1.54, 1.807) is 18.2 Å². The van der Waals surface area contributed by atoms with Gasteiger partial charge in [0.15, 0.2) is 0 Å². The summed E-state index contributed by atoms with van der Waals surface area (Å²) >= 11 is 0. The molecule has 0 amide bonds. The molecule has 0 aliphatic carbocycles. The van der Waals surface area contributed by atoms with E-state index in [1.165, 1.54) is 0 Å². The monoisotopic (exact) mass is 244 g/mol. The standard InChI is InChI=1S/C14H16N2O2/c15-12-4-2-1-3-11(12)9-18-14-6-5-10(8-17)7-13(14)16/h1-7,17H,8-9,15-16H2. The van der Waals surface area contributed by atoms with Crippen molar-refractivity contribution in [2.45, 2.75) is 13.2 Å². The molecule has 0 radical (unpaired) electrons. The molecule has 0 bridgehead atoms. The van der Waals surface area contributed by atoms with Crippen molar-refractivity contribution in [1.82, 2.24) is 0 Å². The Hall–Kier alpha value is -2.20. The number of anilines is 2. The first-order valence-electron chi connectivity index (χ1n) is 5.66. The maximum atomic E-state index is 8.98. The van der Waals surface area contributed by atoms with Crippen LogP contribution in [-0.2, 0) is 13.2 Å². The Balaban J connectivity index is 2.09. The van der Waals surface area contributed by atoms with Crippen LogP contribution >= 0.6 is 0 Å². The van der Waals surface area contributed by atoms with Gasteiger partial charge in [-0.1, -0.05) is 24.3 Å². The van der Waals surface area contributed by atoms with Gasteiger partial charge in [0, 0.05) is 11.3 Å². The smallest absolute Gasteiger partial charge is 0.142 e. The van der Waals surface area contributed by atoms with E-state index in [4.69, 9.17) is 21.3 Å². The third kappa shape index (κ3) is 2.73. The zero-order valence-electron chi connectivity index (χ0n) is 9.97. The van der Waals surface area contributed by atoms with Crippen molar-refractivity contribution in [2.75, 3.05) is 11.5 Å². The van der Waals surface area contributed by atoms with Gasteiger partial charge in [0.25, 0.3) is 0 Å². The van der Waals surface area contributed by atoms with Crippen molar-refractivity contribution in [3.8, 4) is 5.75 Å². The number of para-hydroxylation sites is 1. The van der Waals surface area contributed by atoms with Crippen LogP contribution in [0.2, 0.25) is 0 Å². The molecule has 0 atom stereocenters. The van der Waals surface area contributed by atoms with Crippen LogP contribution in [0.25, 0.3) is 0 Å². The maximum Gasteiger partial charge on any atom is 0.142 e. The molecule has 2 aromatic rings. The van der Waals surface area contributed by atoms with E-state index in [0.29, 0.717) is 23.7 Å². The molecule has 5 N–H and O–H groups in total. The number of aliphatic hydroxyl groups is 1. The fourth-order valence-corrected chi connectivity index (χ4v) is 1.65. The van der Waals surface area contributed by atoms with Crippen LogP contribution in [0.1, 0.15) is 11.1 Å². The predicted octanol–water partition coefficient (Wildman–Crippen LogP) is 1.92. The SMILES string of the molecule is Nc1ccccc1COc1ccc(CO)cc1N. The first-order chi connectivity index (χ1) is 8.70. The summed E-state index contributed by atoms with van der Waals surface area (Å²) < 4.78 is 5.62. The quantitative estimate of drug-likeness (QED) is 0.718. The fraction of sp³-hybridized carbons (Fsp3) is 0.143. The molecule has 0 aromatic heterocycles. The molecule has 4 nitrogen and oxygen atoms in total. The lowest BCUT2D eigenvalue weighted by molar-refractivity contribution is 0.281. The summed E-state index contributed by atoms with van der Waals surface area (Å²) in [6.45, 7) is 0.339. The topological polar surface area (TPSA) is 81.5 Å². The van der Waals surface area contributed by atoms with Crippen LogP contribution in [0, 0.1) is 0 Å². The largest absolute Gasteiger partial charge is 0.487 e. The van der Waals surface area contributed by atoms with Crippen molar-refractivity contribution < 1.29 is 9.84 Å². The van der Waals surface area contributed by atoms with E-state index in [9.17, 15) is 0 Å². The molecular formula is C14H16N2O2. The molecule has 2 aromatic carbocycles. The van der Waals surface area contributed by atoms with E-state index in [0.717, 1.165) is 11.1 Å². The maximum absolute atomic E-state index is 8.98. The number of aliphatic hydroxyl groups excluding tert-OH is 1. The Morgan fingerprint density at radius 1 is 1.00 bits per heavy atom. The Morgan fingerprint density at radius 3 is 2.44 bits per heavy atom. The predicted molar refractivity (Wildman–Crippen MR) is 72.0 cm³/mol. The number of rotatable bonds is 4. The van der Waals surface area contributed by atoms with E-state index in [-0.39, 0.29) is 6.61 Å². The molecule has 4 heteroatoms. The average molecular weight is 244 g/mol. The highest BCUT2D eigenvalue weighted by Crippen LogP contribution is 2.24. The van der Waals surface area contributed by atoms with Crippen molar-refractivity contribution in [1.29, 1.82) is 0 Å². The normalized spacial score (nSPS) is 10.3. The molecule has 0 fully saturated rings. The highest BCUT2D eigenvalue weighted by molar-refractivity contribution is 5.54. The van der Waals surface area contributed by atoms with E-state index in [1.807, 2.05) is 24.3 Å². The molecular weight excluding hydrogens is 228 g/mol. The number of nitrogen functional groups attached to an aromatic ring is 2. The highest BCUT2D eigenvalue weighted by Gasteiger charge is 2.03. The minimum absolute atomic E-state index is 0.0316. The molecule has 2 rings (SSSR count). The lowest BCUT2D eigenvalue weighted by atomic mass is 10.2. The Morgan fingerprint density at radius 2 is 1.78 bits per heavy atom. The van der Waals surface area contributed by atoms with Gasteiger partial charge in [0.2, 0.25) is 0 Å². The van der Waals surface area contributed by atoms with Gasteiger partial charge in [-0.05, 0) is 23.8 Å². The number of benzene rings is 2. The van der Waals surface area contributed by atoms with E-state index in [2.05, 4.69) is 0 Å². The lowest BCUT2D eigenvalue weighted by Gasteiger charge is -2.11. The van der Waals surface area contributed by atoms with Crippen molar-refractivity contribution >= 4 is 11.4 Å². The van der Waals surface area contributed by atoms with Crippen molar-refractivity contribution in [2.24, 2.45) is 0 Å². The summed E-state index contributed by atoms with van der Waals surface area (Å²) in [7, 11) is 0. The summed E-state index contributed by atoms with van der Waals surface area (Å²) in [5.41, 5.74) is 14.5. The Kier molecular flexibility index (Phi) is 3.69. The molecule has 0 unspecified atom stereocenters. The molecule has 0 heterocycles. The van der Waals surface area contributed by atoms with Gasteiger partial charge in [-0.15, -0.1) is 0 Å². The van der Waals surface area contributed by atoms with E-state index >= 15 is 0 Å². The summed E-state index contributed by atoms with van der Waals surface area (Å²) in [4.78, 5) is 0. The molecule has 18 heavy (non-hydrogen) atoms. The van der Waals surface area contributed by atoms with Crippen molar-refractivity contribution in [3.63, 3.8) is 0 Å². The van der Waals surface area contributed by atoms with Crippen LogP contribution in [0.4, 0.5) is 11.4 Å². The molecule has 94 valence electrons. The van der Waals surface area contributed by atoms with Gasteiger partial charge in [-0.25, -0.2) is 0 Å². The third-order valence-corrected chi connectivity index (χ3v) is 2.70. The zero-order valence-corrected chi connectivity index (χ0v) is 9.97. The minimum atomic E-state index is -0.0316. The van der Waals surface area contributed by atoms with Crippen LogP contribution in [0.5, 0.6) is 5.75 Å². The Bertz CT molecular complexity index is 541. The highest BCUT2D eigenvalue weighted by atomic mass is 16.5. The number of nitrogens with two attached hydrogens (primary N) is 2. The second-order valence-electron chi connectivity index (χ2n) is 4.02. The summed E-state index contributed by atoms with van der Waals surface area (Å²) in [6.07, 6.45) is 0. The van der Waals surface area contributed by atoms with Crippen LogP contribution in [0.15, 0.2) is 42.5 Å². The van der Waals surface area contributed by atoms with Gasteiger partial charge in [-0.3, -0.25) is 0 Å². The lowest BCUT2D eigenvalue weighted by Crippen LogP contribution is -2.02. The molecule has 0 aliphatic heterocycles. The molecule has 0 saturated carbocycles. The first-order valence-corrected chi connectivity index (χ1v) is 5.66. The van der Waals surface area contributed by atoms with Gasteiger partial charge in [0.05, 0.1) is 12.3 Å². The summed E-state index contributed by atoms with van der Waals surface area (Å²) in [5.74, 6) is 0.593. The minimum Gasteiger partial charge on any atom is -0.487 e. The van der Waals surface area contributed by atoms with E-state index < -0.39 is 0 Å². The second-order valence-corrected chi connectivity index (χ2v) is 4.02. The fourth-order valence-electron chi connectivity index (χ4n) is 1.65. The Labute approximate surface area is 106 Å². The van der Waals surface area contributed by atoms with Gasteiger partial charge in [-0.2, -0.15) is 0 Å².